The van der Waals surface area contributed by atoms with Crippen LogP contribution >= 0.6 is 0 Å². The van der Waals surface area contributed by atoms with Gasteiger partial charge in [-0.05, 0) is 36.7 Å². The second-order valence-corrected chi connectivity index (χ2v) is 6.34. The van der Waals surface area contributed by atoms with E-state index < -0.39 is 0 Å². The summed E-state index contributed by atoms with van der Waals surface area (Å²) < 4.78 is 5.95. The first-order valence-corrected chi connectivity index (χ1v) is 6.72. The minimum atomic E-state index is 0.127. The molecule has 0 aromatic carbocycles. The summed E-state index contributed by atoms with van der Waals surface area (Å²) in [5.74, 6) is 1.03. The van der Waals surface area contributed by atoms with E-state index in [9.17, 15) is 0 Å². The molecule has 4 nitrogen and oxygen atoms in total. The maximum Gasteiger partial charge on any atom is 0.238 e. The van der Waals surface area contributed by atoms with Gasteiger partial charge in [-0.1, -0.05) is 20.8 Å². The Bertz CT molecular complexity index is 505. The lowest BCUT2D eigenvalue weighted by molar-refractivity contribution is 0.0538. The van der Waals surface area contributed by atoms with Crippen LogP contribution in [-0.4, -0.2) is 11.1 Å². The number of nitrogens with zero attached hydrogens (tertiary/aromatic N) is 2. The van der Waals surface area contributed by atoms with Gasteiger partial charge in [-0.3, -0.25) is 0 Å². The van der Waals surface area contributed by atoms with Crippen LogP contribution in [0.25, 0.3) is 0 Å². The van der Waals surface area contributed by atoms with E-state index in [0.29, 0.717) is 23.0 Å². The molecule has 0 bridgehead atoms. The van der Waals surface area contributed by atoms with E-state index in [2.05, 4.69) is 31.8 Å². The summed E-state index contributed by atoms with van der Waals surface area (Å²) in [6.45, 7) is 6.78. The number of hydrogen-bond donors (Lipinski definition) is 1. The SMILES string of the molecule is CC1CC(Oc2nccc(C#N)c2N)CC(C)(C)C1. The number of rotatable bonds is 2. The highest BCUT2D eigenvalue weighted by atomic mass is 16.5. The van der Waals surface area contributed by atoms with E-state index >= 15 is 0 Å². The molecule has 0 spiro atoms. The molecule has 2 rings (SSSR count). The van der Waals surface area contributed by atoms with Crippen LogP contribution in [0.15, 0.2) is 12.3 Å². The molecule has 19 heavy (non-hydrogen) atoms. The highest BCUT2D eigenvalue weighted by Gasteiger charge is 2.33. The standard InChI is InChI=1S/C15H21N3O/c1-10-6-12(8-15(2,3)7-10)19-14-13(17)11(9-16)4-5-18-14/h4-5,10,12H,6-8,17H2,1-3H3. The molecule has 1 aliphatic carbocycles. The van der Waals surface area contributed by atoms with E-state index in [1.54, 1.807) is 12.3 Å². The van der Waals surface area contributed by atoms with E-state index in [4.69, 9.17) is 15.7 Å². The Morgan fingerprint density at radius 1 is 1.47 bits per heavy atom. The summed E-state index contributed by atoms with van der Waals surface area (Å²) in [6.07, 6.45) is 4.93. The number of pyridine rings is 1. The summed E-state index contributed by atoms with van der Waals surface area (Å²) in [4.78, 5) is 4.16. The van der Waals surface area contributed by atoms with Crippen LogP contribution in [0.4, 0.5) is 5.69 Å². The molecule has 1 aliphatic rings. The highest BCUT2D eigenvalue weighted by Crippen LogP contribution is 2.40. The first-order valence-electron chi connectivity index (χ1n) is 6.72. The molecule has 2 N–H and O–H groups in total. The Balaban J connectivity index is 2.16. The van der Waals surface area contributed by atoms with Gasteiger partial charge >= 0.3 is 0 Å². The smallest absolute Gasteiger partial charge is 0.238 e. The topological polar surface area (TPSA) is 71.9 Å². The van der Waals surface area contributed by atoms with Crippen molar-refractivity contribution < 1.29 is 4.74 Å². The van der Waals surface area contributed by atoms with E-state index in [-0.39, 0.29) is 11.5 Å². The number of anilines is 1. The molecule has 1 aromatic heterocycles. The predicted octanol–water partition coefficient (Wildman–Crippen LogP) is 3.13. The third-order valence-electron chi connectivity index (χ3n) is 3.70. The van der Waals surface area contributed by atoms with Crippen molar-refractivity contribution in [3.63, 3.8) is 0 Å². The van der Waals surface area contributed by atoms with E-state index in [0.717, 1.165) is 12.8 Å². The first kappa shape index (κ1) is 13.7. The summed E-state index contributed by atoms with van der Waals surface area (Å²) >= 11 is 0. The van der Waals surface area contributed by atoms with Crippen molar-refractivity contribution in [1.82, 2.24) is 4.98 Å². The van der Waals surface area contributed by atoms with Crippen LogP contribution in [0, 0.1) is 22.7 Å². The van der Waals surface area contributed by atoms with Crippen molar-refractivity contribution in [2.75, 3.05) is 5.73 Å². The summed E-state index contributed by atoms with van der Waals surface area (Å²) in [5, 5.41) is 8.96. The fraction of sp³-hybridized carbons (Fsp3) is 0.600. The molecule has 102 valence electrons. The normalized spacial score (nSPS) is 25.6. The Morgan fingerprint density at radius 3 is 2.84 bits per heavy atom. The minimum Gasteiger partial charge on any atom is -0.473 e. The molecule has 0 amide bonds. The lowest BCUT2D eigenvalue weighted by atomic mass is 9.71. The molecule has 1 aromatic rings. The van der Waals surface area contributed by atoms with Gasteiger partial charge in [-0.2, -0.15) is 5.26 Å². The number of ether oxygens (including phenoxy) is 1. The van der Waals surface area contributed by atoms with Crippen molar-refractivity contribution in [1.29, 1.82) is 5.26 Å². The molecule has 4 heteroatoms. The minimum absolute atomic E-state index is 0.127. The van der Waals surface area contributed by atoms with Crippen LogP contribution in [0.2, 0.25) is 0 Å². The maximum absolute atomic E-state index is 8.96. The van der Waals surface area contributed by atoms with Crippen LogP contribution in [0.5, 0.6) is 5.88 Å². The monoisotopic (exact) mass is 259 g/mol. The Morgan fingerprint density at radius 2 is 2.21 bits per heavy atom. The molecule has 0 aliphatic heterocycles. The van der Waals surface area contributed by atoms with Gasteiger partial charge in [-0.25, -0.2) is 4.98 Å². The molecule has 1 saturated carbocycles. The van der Waals surface area contributed by atoms with Crippen LogP contribution in [0.1, 0.15) is 45.6 Å². The van der Waals surface area contributed by atoms with E-state index in [1.807, 2.05) is 0 Å². The zero-order valence-electron chi connectivity index (χ0n) is 11.8. The molecular formula is C15H21N3O. The van der Waals surface area contributed by atoms with Crippen LogP contribution in [0.3, 0.4) is 0 Å². The second kappa shape index (κ2) is 5.08. The Kier molecular flexibility index (Phi) is 3.66. The molecular weight excluding hydrogens is 238 g/mol. The van der Waals surface area contributed by atoms with Gasteiger partial charge in [0.15, 0.2) is 0 Å². The van der Waals surface area contributed by atoms with E-state index in [1.165, 1.54) is 6.42 Å². The zero-order chi connectivity index (χ0) is 14.0. The third-order valence-corrected chi connectivity index (χ3v) is 3.70. The molecule has 0 radical (unpaired) electrons. The summed E-state index contributed by atoms with van der Waals surface area (Å²) in [5.41, 5.74) is 6.96. The first-order chi connectivity index (χ1) is 8.91. The zero-order valence-corrected chi connectivity index (χ0v) is 11.8. The van der Waals surface area contributed by atoms with Crippen LogP contribution in [-0.2, 0) is 0 Å². The quantitative estimate of drug-likeness (QED) is 0.885. The molecule has 1 heterocycles. The highest BCUT2D eigenvalue weighted by molar-refractivity contribution is 5.59. The van der Waals surface area contributed by atoms with Gasteiger partial charge in [0.05, 0.1) is 5.56 Å². The predicted molar refractivity (Wildman–Crippen MR) is 74.6 cm³/mol. The number of hydrogen-bond acceptors (Lipinski definition) is 4. The Labute approximate surface area is 114 Å². The van der Waals surface area contributed by atoms with Gasteiger partial charge < -0.3 is 10.5 Å². The van der Waals surface area contributed by atoms with Crippen molar-refractivity contribution >= 4 is 5.69 Å². The lowest BCUT2D eigenvalue weighted by Crippen LogP contribution is -2.34. The van der Waals surface area contributed by atoms with Crippen molar-refractivity contribution in [2.45, 2.75) is 46.1 Å². The van der Waals surface area contributed by atoms with Gasteiger partial charge in [-0.15, -0.1) is 0 Å². The maximum atomic E-state index is 8.96. The molecule has 0 saturated heterocycles. The number of aromatic nitrogens is 1. The average Bonchev–Trinajstić information content (AvgIpc) is 2.29. The molecule has 2 unspecified atom stereocenters. The molecule has 2 atom stereocenters. The molecule has 1 fully saturated rings. The fourth-order valence-electron chi connectivity index (χ4n) is 3.15. The van der Waals surface area contributed by atoms with Crippen molar-refractivity contribution in [3.05, 3.63) is 17.8 Å². The Hall–Kier alpha value is -1.76. The van der Waals surface area contributed by atoms with Gasteiger partial charge in [0.25, 0.3) is 0 Å². The summed E-state index contributed by atoms with van der Waals surface area (Å²) in [7, 11) is 0. The third kappa shape index (κ3) is 3.17. The van der Waals surface area contributed by atoms with Gasteiger partial charge in [0, 0.05) is 6.20 Å². The van der Waals surface area contributed by atoms with Crippen molar-refractivity contribution in [2.24, 2.45) is 11.3 Å². The average molecular weight is 259 g/mol. The van der Waals surface area contributed by atoms with Crippen molar-refractivity contribution in [3.8, 4) is 11.9 Å². The number of nitrogen functional groups attached to an aromatic ring is 1. The second-order valence-electron chi connectivity index (χ2n) is 6.34. The lowest BCUT2D eigenvalue weighted by Gasteiger charge is -2.38. The number of nitriles is 1. The van der Waals surface area contributed by atoms with Gasteiger partial charge in [0.2, 0.25) is 5.88 Å². The van der Waals surface area contributed by atoms with Gasteiger partial charge in [0.1, 0.15) is 17.9 Å². The van der Waals surface area contributed by atoms with Crippen LogP contribution < -0.4 is 10.5 Å². The summed E-state index contributed by atoms with van der Waals surface area (Å²) in [6, 6.07) is 3.66. The fourth-order valence-corrected chi connectivity index (χ4v) is 3.15. The number of nitrogens with two attached hydrogens (primary N) is 1. The largest absolute Gasteiger partial charge is 0.473 e.